The number of nitrogens with zero attached hydrogens (tertiary/aromatic N) is 4. The van der Waals surface area contributed by atoms with Gasteiger partial charge in [0.05, 0.1) is 36.3 Å². The monoisotopic (exact) mass is 605 g/mol. The maximum atomic E-state index is 13.8. The summed E-state index contributed by atoms with van der Waals surface area (Å²) in [6, 6.07) is 9.70. The first-order chi connectivity index (χ1) is 18.8. The number of hydrogen-bond donors (Lipinski definition) is 1. The lowest BCUT2D eigenvalue weighted by Crippen LogP contribution is -2.26. The molecule has 0 aliphatic rings. The zero-order chi connectivity index (χ0) is 29.9. The van der Waals surface area contributed by atoms with E-state index < -0.39 is 27.1 Å². The molecule has 3 rings (SSSR count). The summed E-state index contributed by atoms with van der Waals surface area (Å²) in [5.74, 6) is -0.814. The molecule has 0 saturated carbocycles. The van der Waals surface area contributed by atoms with Crippen LogP contribution < -0.4 is 10.2 Å². The number of carbonyl (C=O) groups is 1. The predicted octanol–water partition coefficient (Wildman–Crippen LogP) is 7.99. The highest BCUT2D eigenvalue weighted by Crippen LogP contribution is 2.39. The van der Waals surface area contributed by atoms with Crippen LogP contribution in [-0.2, 0) is 4.79 Å². The van der Waals surface area contributed by atoms with Gasteiger partial charge in [-0.15, -0.1) is 0 Å². The number of halogens is 3. The van der Waals surface area contributed by atoms with Crippen molar-refractivity contribution in [2.24, 2.45) is 4.99 Å². The van der Waals surface area contributed by atoms with E-state index in [0.29, 0.717) is 5.69 Å². The van der Waals surface area contributed by atoms with Crippen LogP contribution in [0.5, 0.6) is 0 Å². The van der Waals surface area contributed by atoms with E-state index in [4.69, 9.17) is 34.8 Å². The van der Waals surface area contributed by atoms with E-state index in [0.717, 1.165) is 18.7 Å². The van der Waals surface area contributed by atoms with Crippen molar-refractivity contribution in [3.05, 3.63) is 93.9 Å². The van der Waals surface area contributed by atoms with Crippen molar-refractivity contribution in [1.29, 1.82) is 0 Å². The van der Waals surface area contributed by atoms with Gasteiger partial charge in [-0.1, -0.05) is 41.7 Å². The lowest BCUT2D eigenvalue weighted by molar-refractivity contribution is -0.395. The van der Waals surface area contributed by atoms with Gasteiger partial charge in [0, 0.05) is 36.0 Å². The molecule has 0 aromatic heterocycles. The third-order valence-electron chi connectivity index (χ3n) is 6.34. The van der Waals surface area contributed by atoms with Crippen LogP contribution in [0.15, 0.2) is 41.4 Å². The number of carbonyl (C=O) groups excluding carboxylic acids is 1. The molecular weight excluding hydrogens is 581 g/mol. The highest BCUT2D eigenvalue weighted by atomic mass is 35.5. The highest BCUT2D eigenvalue weighted by Gasteiger charge is 2.34. The number of nitrogens with one attached hydrogen (secondary N) is 1. The Balaban J connectivity index is 2.29. The zero-order valence-electron chi connectivity index (χ0n) is 22.3. The van der Waals surface area contributed by atoms with Gasteiger partial charge >= 0.3 is 0 Å². The summed E-state index contributed by atoms with van der Waals surface area (Å²) in [4.78, 5) is 42.9. The Morgan fingerprint density at radius 1 is 0.900 bits per heavy atom. The molecule has 0 atom stereocenters. The smallest absolute Gasteiger partial charge is 0.282 e. The molecule has 10 nitrogen and oxygen atoms in total. The first-order valence-electron chi connectivity index (χ1n) is 12.1. The van der Waals surface area contributed by atoms with Crippen LogP contribution in [0.1, 0.15) is 35.6 Å². The van der Waals surface area contributed by atoms with E-state index in [2.05, 4.69) is 17.2 Å². The Labute approximate surface area is 245 Å². The molecule has 0 heterocycles. The summed E-state index contributed by atoms with van der Waals surface area (Å²) in [7, 11) is 1.94. The second-order valence-corrected chi connectivity index (χ2v) is 10.3. The number of nitro benzene ring substituents is 2. The van der Waals surface area contributed by atoms with Gasteiger partial charge in [-0.25, -0.2) is 4.99 Å². The van der Waals surface area contributed by atoms with Crippen molar-refractivity contribution >= 4 is 74.9 Å². The number of benzene rings is 3. The molecule has 13 heteroatoms. The van der Waals surface area contributed by atoms with Crippen molar-refractivity contribution in [3.63, 3.8) is 0 Å². The maximum absolute atomic E-state index is 13.8. The fourth-order valence-electron chi connectivity index (χ4n) is 4.49. The molecule has 1 N–H and O–H groups in total. The minimum absolute atomic E-state index is 0.0372. The van der Waals surface area contributed by atoms with Crippen molar-refractivity contribution in [2.45, 2.75) is 34.1 Å². The van der Waals surface area contributed by atoms with Crippen LogP contribution >= 0.6 is 34.8 Å². The highest BCUT2D eigenvalue weighted by molar-refractivity contribution is 6.51. The quantitative estimate of drug-likeness (QED) is 0.114. The average molecular weight is 607 g/mol. The lowest BCUT2D eigenvalue weighted by Gasteiger charge is -2.18. The summed E-state index contributed by atoms with van der Waals surface area (Å²) in [5.41, 5.74) is 0.0999. The first kappa shape index (κ1) is 30.8. The Morgan fingerprint density at radius 2 is 1.43 bits per heavy atom. The molecule has 0 radical (unpaired) electrons. The third-order valence-corrected chi connectivity index (χ3v) is 7.37. The summed E-state index contributed by atoms with van der Waals surface area (Å²) in [6.45, 7) is 7.04. The fourth-order valence-corrected chi connectivity index (χ4v) is 5.09. The van der Waals surface area contributed by atoms with Crippen LogP contribution in [0.2, 0.25) is 15.1 Å². The lowest BCUT2D eigenvalue weighted by atomic mass is 9.91. The van der Waals surface area contributed by atoms with Gasteiger partial charge in [0.1, 0.15) is 11.3 Å². The number of nitro groups is 2. The first-order valence-corrected chi connectivity index (χ1v) is 13.2. The number of anilines is 2. The molecule has 0 bridgehead atoms. The number of amides is 1. The fraction of sp³-hybridized carbons (Fsp3) is 0.259. The molecule has 3 aromatic rings. The Morgan fingerprint density at radius 3 is 1.93 bits per heavy atom. The molecule has 0 aliphatic carbocycles. The Hall–Kier alpha value is -3.73. The van der Waals surface area contributed by atoms with Gasteiger partial charge in [0.25, 0.3) is 17.3 Å². The van der Waals surface area contributed by atoms with Crippen molar-refractivity contribution < 1.29 is 14.6 Å². The van der Waals surface area contributed by atoms with Crippen LogP contribution in [0, 0.1) is 41.0 Å². The zero-order valence-corrected chi connectivity index (χ0v) is 24.6. The van der Waals surface area contributed by atoms with Crippen molar-refractivity contribution in [1.82, 2.24) is 0 Å². The van der Waals surface area contributed by atoms with E-state index in [1.165, 1.54) is 32.9 Å². The van der Waals surface area contributed by atoms with Gasteiger partial charge in [-0.2, -0.15) is 0 Å². The summed E-state index contributed by atoms with van der Waals surface area (Å²) < 4.78 is 0. The van der Waals surface area contributed by atoms with E-state index >= 15 is 0 Å². The van der Waals surface area contributed by atoms with Crippen LogP contribution in [0.3, 0.4) is 0 Å². The standard InChI is InChI=1S/C27H26Cl3N5O5/c1-6-11-33(5)18-9-7-17(8-10-18)31-24(27(36)32-22-13-20(29)19(28)12-21(22)30)23-14(2)25(34(37)38)16(4)26(15(23)3)35(39)40/h7-10,12-13H,6,11H2,1-5H3,(H,32,36). The molecule has 40 heavy (non-hydrogen) atoms. The summed E-state index contributed by atoms with van der Waals surface area (Å²) >= 11 is 18.4. The topological polar surface area (TPSA) is 131 Å². The number of aliphatic imine (C=N–C) groups is 1. The van der Waals surface area contributed by atoms with Crippen LogP contribution in [-0.4, -0.2) is 35.1 Å². The summed E-state index contributed by atoms with van der Waals surface area (Å²) in [5, 5.41) is 27.0. The van der Waals surface area contributed by atoms with Gasteiger partial charge in [0.15, 0.2) is 0 Å². The van der Waals surface area contributed by atoms with Crippen molar-refractivity contribution in [2.75, 3.05) is 23.8 Å². The number of hydrogen-bond acceptors (Lipinski definition) is 7. The van der Waals surface area contributed by atoms with E-state index in [9.17, 15) is 25.0 Å². The Kier molecular flexibility index (Phi) is 9.73. The SMILES string of the molecule is CCCN(C)c1ccc(N=C(C(=O)Nc2cc(Cl)c(Cl)cc2Cl)c2c(C)c([N+](=O)[O-])c(C)c([N+](=O)[O-])c2C)cc1. The molecule has 0 saturated heterocycles. The van der Waals surface area contributed by atoms with E-state index in [1.807, 2.05) is 24.1 Å². The molecule has 0 spiro atoms. The normalized spacial score (nSPS) is 11.3. The largest absolute Gasteiger partial charge is 0.375 e. The van der Waals surface area contributed by atoms with Crippen molar-refractivity contribution in [3.8, 4) is 0 Å². The van der Waals surface area contributed by atoms with Gasteiger partial charge < -0.3 is 10.2 Å². The minimum atomic E-state index is -0.814. The van der Waals surface area contributed by atoms with E-state index in [1.54, 1.807) is 12.1 Å². The molecular formula is C27H26Cl3N5O5. The molecule has 1 amide bonds. The predicted molar refractivity (Wildman–Crippen MR) is 160 cm³/mol. The van der Waals surface area contributed by atoms with Gasteiger partial charge in [-0.3, -0.25) is 25.0 Å². The average Bonchev–Trinajstić information content (AvgIpc) is 2.86. The molecule has 3 aromatic carbocycles. The minimum Gasteiger partial charge on any atom is -0.375 e. The van der Waals surface area contributed by atoms with Gasteiger partial charge in [0.2, 0.25) is 0 Å². The van der Waals surface area contributed by atoms with Gasteiger partial charge in [-0.05, 0) is 63.6 Å². The van der Waals surface area contributed by atoms with Crippen LogP contribution in [0.4, 0.5) is 28.4 Å². The molecule has 0 unspecified atom stereocenters. The molecule has 0 fully saturated rings. The Bertz CT molecular complexity index is 1500. The molecule has 0 aliphatic heterocycles. The third kappa shape index (κ3) is 6.35. The summed E-state index contributed by atoms with van der Waals surface area (Å²) in [6.07, 6.45) is 0.946. The second-order valence-electron chi connectivity index (χ2n) is 9.06. The van der Waals surface area contributed by atoms with Crippen LogP contribution in [0.25, 0.3) is 0 Å². The van der Waals surface area contributed by atoms with E-state index in [-0.39, 0.29) is 48.7 Å². The maximum Gasteiger partial charge on any atom is 0.282 e. The molecule has 210 valence electrons. The second kappa shape index (κ2) is 12.6. The number of rotatable bonds is 9.